The summed E-state index contributed by atoms with van der Waals surface area (Å²) in [5, 5.41) is 19.7. The highest BCUT2D eigenvalue weighted by Crippen LogP contribution is 2.22. The van der Waals surface area contributed by atoms with Crippen molar-refractivity contribution in [2.24, 2.45) is 0 Å². The molecular weight excluding hydrogens is 300 g/mol. The molecule has 0 saturated heterocycles. The van der Waals surface area contributed by atoms with E-state index in [0.29, 0.717) is 5.56 Å². The molecule has 8 heteroatoms. The van der Waals surface area contributed by atoms with E-state index < -0.39 is 16.5 Å². The molecule has 0 amide bonds. The summed E-state index contributed by atoms with van der Waals surface area (Å²) in [4.78, 5) is 32.9. The molecule has 2 aromatic rings. The highest BCUT2D eigenvalue weighted by molar-refractivity contribution is 6.31. The van der Waals surface area contributed by atoms with Crippen LogP contribution in [0.3, 0.4) is 0 Å². The average Bonchev–Trinajstić information content (AvgIpc) is 2.42. The topological polar surface area (TPSA) is 102 Å². The number of hydrogen-bond acceptors (Lipinski definition) is 4. The van der Waals surface area contributed by atoms with Gasteiger partial charge in [0.15, 0.2) is 0 Å². The standard InChI is InChI=1S/C13H9ClN2O5/c14-11-6-9(16(20)21)4-3-8(11)7-15-5-1-2-10(12(15)17)13(18)19/h1-6H,7H2,(H,18,19). The second-order valence-electron chi connectivity index (χ2n) is 4.19. The number of benzene rings is 1. The van der Waals surface area contributed by atoms with Gasteiger partial charge in [-0.3, -0.25) is 14.9 Å². The van der Waals surface area contributed by atoms with Crippen molar-refractivity contribution in [1.82, 2.24) is 4.57 Å². The lowest BCUT2D eigenvalue weighted by Crippen LogP contribution is -2.26. The summed E-state index contributed by atoms with van der Waals surface area (Å²) in [6.45, 7) is 0.0246. The fourth-order valence-corrected chi connectivity index (χ4v) is 2.02. The van der Waals surface area contributed by atoms with Crippen LogP contribution >= 0.6 is 11.6 Å². The highest BCUT2D eigenvalue weighted by Gasteiger charge is 2.13. The first kappa shape index (κ1) is 14.7. The molecule has 0 spiro atoms. The Morgan fingerprint density at radius 3 is 2.67 bits per heavy atom. The summed E-state index contributed by atoms with van der Waals surface area (Å²) in [6.07, 6.45) is 1.42. The number of pyridine rings is 1. The Morgan fingerprint density at radius 1 is 1.38 bits per heavy atom. The molecule has 0 radical (unpaired) electrons. The molecule has 0 bridgehead atoms. The molecule has 0 unspecified atom stereocenters. The van der Waals surface area contributed by atoms with E-state index in [4.69, 9.17) is 16.7 Å². The Balaban J connectivity index is 2.39. The quantitative estimate of drug-likeness (QED) is 0.688. The highest BCUT2D eigenvalue weighted by atomic mass is 35.5. The van der Waals surface area contributed by atoms with Crippen molar-refractivity contribution in [2.45, 2.75) is 6.54 Å². The number of nitro groups is 1. The van der Waals surface area contributed by atoms with Gasteiger partial charge in [-0.25, -0.2) is 4.79 Å². The lowest BCUT2D eigenvalue weighted by Gasteiger charge is -2.08. The second-order valence-corrected chi connectivity index (χ2v) is 4.60. The number of halogens is 1. The van der Waals surface area contributed by atoms with Crippen molar-refractivity contribution in [3.8, 4) is 0 Å². The predicted molar refractivity (Wildman–Crippen MR) is 74.9 cm³/mol. The Kier molecular flexibility index (Phi) is 4.04. The fraction of sp³-hybridized carbons (Fsp3) is 0.0769. The number of non-ortho nitro benzene ring substituents is 1. The van der Waals surface area contributed by atoms with Crippen molar-refractivity contribution in [1.29, 1.82) is 0 Å². The largest absolute Gasteiger partial charge is 0.477 e. The zero-order chi connectivity index (χ0) is 15.6. The number of carboxylic acids is 1. The lowest BCUT2D eigenvalue weighted by molar-refractivity contribution is -0.384. The maximum atomic E-state index is 11.9. The zero-order valence-corrected chi connectivity index (χ0v) is 11.3. The van der Waals surface area contributed by atoms with E-state index in [1.54, 1.807) is 0 Å². The van der Waals surface area contributed by atoms with Gasteiger partial charge in [-0.1, -0.05) is 11.6 Å². The molecule has 7 nitrogen and oxygen atoms in total. The minimum Gasteiger partial charge on any atom is -0.477 e. The third-order valence-corrected chi connectivity index (χ3v) is 3.19. The first-order valence-electron chi connectivity index (χ1n) is 5.75. The van der Waals surface area contributed by atoms with E-state index in [0.717, 1.165) is 0 Å². The van der Waals surface area contributed by atoms with Gasteiger partial charge in [0, 0.05) is 18.3 Å². The SMILES string of the molecule is O=C(O)c1cccn(Cc2ccc([N+](=O)[O-])cc2Cl)c1=O. The van der Waals surface area contributed by atoms with Crippen molar-refractivity contribution in [3.05, 3.63) is 73.1 Å². The number of nitro benzene ring substituents is 1. The van der Waals surface area contributed by atoms with Crippen LogP contribution in [-0.2, 0) is 6.54 Å². The third-order valence-electron chi connectivity index (χ3n) is 2.84. The van der Waals surface area contributed by atoms with Gasteiger partial charge in [-0.2, -0.15) is 0 Å². The monoisotopic (exact) mass is 308 g/mol. The lowest BCUT2D eigenvalue weighted by atomic mass is 10.2. The van der Waals surface area contributed by atoms with Crippen LogP contribution in [0.25, 0.3) is 0 Å². The summed E-state index contributed by atoms with van der Waals surface area (Å²) in [5.74, 6) is -1.32. The molecule has 1 aromatic heterocycles. The van der Waals surface area contributed by atoms with Crippen LogP contribution in [0.1, 0.15) is 15.9 Å². The molecule has 108 valence electrons. The molecule has 1 N–H and O–H groups in total. The molecule has 0 atom stereocenters. The van der Waals surface area contributed by atoms with Crippen molar-refractivity contribution in [2.75, 3.05) is 0 Å². The molecule has 2 rings (SSSR count). The molecule has 0 aliphatic rings. The second kappa shape index (κ2) is 5.76. The van der Waals surface area contributed by atoms with Crippen molar-refractivity contribution in [3.63, 3.8) is 0 Å². The normalized spacial score (nSPS) is 10.3. The van der Waals surface area contributed by atoms with Crippen LogP contribution in [0.15, 0.2) is 41.3 Å². The van der Waals surface area contributed by atoms with E-state index in [1.165, 1.54) is 41.1 Å². The van der Waals surface area contributed by atoms with Crippen LogP contribution in [0, 0.1) is 10.1 Å². The Morgan fingerprint density at radius 2 is 2.10 bits per heavy atom. The number of hydrogen-bond donors (Lipinski definition) is 1. The van der Waals surface area contributed by atoms with Gasteiger partial charge in [0.05, 0.1) is 16.5 Å². The van der Waals surface area contributed by atoms with E-state index in [-0.39, 0.29) is 22.8 Å². The van der Waals surface area contributed by atoms with Gasteiger partial charge in [0.1, 0.15) is 5.56 Å². The molecule has 0 saturated carbocycles. The number of carboxylic acid groups (broad SMARTS) is 1. The zero-order valence-electron chi connectivity index (χ0n) is 10.5. The summed E-state index contributed by atoms with van der Waals surface area (Å²) >= 11 is 5.94. The van der Waals surface area contributed by atoms with Crippen LogP contribution in [0.2, 0.25) is 5.02 Å². The summed E-state index contributed by atoms with van der Waals surface area (Å²) < 4.78 is 1.18. The van der Waals surface area contributed by atoms with E-state index in [9.17, 15) is 19.7 Å². The van der Waals surface area contributed by atoms with Gasteiger partial charge in [0.2, 0.25) is 0 Å². The predicted octanol–water partition coefficient (Wildman–Crippen LogP) is 2.16. The van der Waals surface area contributed by atoms with Gasteiger partial charge < -0.3 is 9.67 Å². The number of aromatic nitrogens is 1. The molecular formula is C13H9ClN2O5. The minimum atomic E-state index is -1.32. The number of rotatable bonds is 4. The van der Waals surface area contributed by atoms with Crippen molar-refractivity contribution < 1.29 is 14.8 Å². The first-order valence-corrected chi connectivity index (χ1v) is 6.13. The average molecular weight is 309 g/mol. The van der Waals surface area contributed by atoms with Crippen LogP contribution < -0.4 is 5.56 Å². The summed E-state index contributed by atoms with van der Waals surface area (Å²) in [7, 11) is 0. The number of carbonyl (C=O) groups is 1. The van der Waals surface area contributed by atoms with Crippen molar-refractivity contribution >= 4 is 23.3 Å². The minimum absolute atomic E-state index is 0.0246. The third kappa shape index (κ3) is 3.09. The molecule has 1 heterocycles. The van der Waals surface area contributed by atoms with Gasteiger partial charge in [0.25, 0.3) is 11.2 Å². The van der Waals surface area contributed by atoms with Crippen LogP contribution in [0.4, 0.5) is 5.69 Å². The first-order chi connectivity index (χ1) is 9.90. The molecule has 0 aliphatic carbocycles. The summed E-state index contributed by atoms with van der Waals surface area (Å²) in [6, 6.07) is 6.53. The van der Waals surface area contributed by atoms with Gasteiger partial charge >= 0.3 is 5.97 Å². The molecule has 0 aliphatic heterocycles. The molecule has 1 aromatic carbocycles. The maximum Gasteiger partial charge on any atom is 0.341 e. The number of aromatic carboxylic acids is 1. The van der Waals surface area contributed by atoms with Gasteiger partial charge in [-0.05, 0) is 23.8 Å². The summed E-state index contributed by atoms with van der Waals surface area (Å²) in [5.41, 5.74) is -0.697. The smallest absolute Gasteiger partial charge is 0.341 e. The Hall–Kier alpha value is -2.67. The number of nitrogens with zero attached hydrogens (tertiary/aromatic N) is 2. The fourth-order valence-electron chi connectivity index (χ4n) is 1.79. The van der Waals surface area contributed by atoms with E-state index in [1.807, 2.05) is 0 Å². The molecule has 0 fully saturated rings. The van der Waals surface area contributed by atoms with E-state index in [2.05, 4.69) is 0 Å². The Labute approximate surface area is 123 Å². The molecule has 21 heavy (non-hydrogen) atoms. The van der Waals surface area contributed by atoms with Gasteiger partial charge in [-0.15, -0.1) is 0 Å². The Bertz CT molecular complexity index is 784. The maximum absolute atomic E-state index is 11.9. The van der Waals surface area contributed by atoms with Crippen LogP contribution in [-0.4, -0.2) is 20.6 Å². The van der Waals surface area contributed by atoms with Crippen LogP contribution in [0.5, 0.6) is 0 Å². The van der Waals surface area contributed by atoms with E-state index >= 15 is 0 Å².